The van der Waals surface area contributed by atoms with Crippen LogP contribution in [-0.2, 0) is 10.0 Å². The Morgan fingerprint density at radius 3 is 2.23 bits per heavy atom. The average Bonchev–Trinajstić information content (AvgIpc) is 2.70. The molecule has 0 radical (unpaired) electrons. The minimum absolute atomic E-state index is 0.0147. The molecule has 0 bridgehead atoms. The van der Waals surface area contributed by atoms with E-state index in [4.69, 9.17) is 27.9 Å². The van der Waals surface area contributed by atoms with Crippen molar-refractivity contribution in [3.63, 3.8) is 0 Å². The SMILES string of the molecule is CC(C)NS(=O)(=O)c1ccc(Cl)c(C(=O)Nc2ccccc2Oc2ccccc2Cl)c1. The van der Waals surface area contributed by atoms with Crippen LogP contribution in [0.3, 0.4) is 0 Å². The predicted molar refractivity (Wildman–Crippen MR) is 123 cm³/mol. The largest absolute Gasteiger partial charge is 0.454 e. The standard InChI is InChI=1S/C22H20Cl2N2O4S/c1-14(2)26-31(28,29)15-11-12-17(23)16(13-15)22(27)25-19-8-4-6-10-21(19)30-20-9-5-3-7-18(20)24/h3-14,26H,1-2H3,(H,25,27). The lowest BCUT2D eigenvalue weighted by molar-refractivity contribution is 0.102. The Hall–Kier alpha value is -2.58. The molecule has 0 saturated carbocycles. The average molecular weight is 479 g/mol. The number of halogens is 2. The minimum Gasteiger partial charge on any atom is -0.454 e. The number of para-hydroxylation sites is 3. The van der Waals surface area contributed by atoms with E-state index in [9.17, 15) is 13.2 Å². The van der Waals surface area contributed by atoms with Crippen molar-refractivity contribution >= 4 is 44.8 Å². The maximum absolute atomic E-state index is 12.9. The van der Waals surface area contributed by atoms with E-state index >= 15 is 0 Å². The van der Waals surface area contributed by atoms with Gasteiger partial charge in [0, 0.05) is 6.04 Å². The van der Waals surface area contributed by atoms with Gasteiger partial charge in [0.15, 0.2) is 5.75 Å². The molecule has 0 heterocycles. The summed E-state index contributed by atoms with van der Waals surface area (Å²) in [7, 11) is -3.79. The van der Waals surface area contributed by atoms with Gasteiger partial charge in [0.2, 0.25) is 10.0 Å². The van der Waals surface area contributed by atoms with Crippen LogP contribution < -0.4 is 14.8 Å². The van der Waals surface area contributed by atoms with Crippen LogP contribution in [0.5, 0.6) is 11.5 Å². The zero-order valence-electron chi connectivity index (χ0n) is 16.7. The second-order valence-electron chi connectivity index (χ2n) is 6.90. The molecule has 0 saturated heterocycles. The molecular formula is C22H20Cl2N2O4S. The van der Waals surface area contributed by atoms with Crippen LogP contribution in [-0.4, -0.2) is 20.4 Å². The van der Waals surface area contributed by atoms with Gasteiger partial charge < -0.3 is 10.1 Å². The molecule has 0 fully saturated rings. The zero-order valence-corrected chi connectivity index (χ0v) is 19.1. The summed E-state index contributed by atoms with van der Waals surface area (Å²) in [6.07, 6.45) is 0. The molecule has 0 aliphatic heterocycles. The molecular weight excluding hydrogens is 459 g/mol. The van der Waals surface area contributed by atoms with Gasteiger partial charge in [-0.15, -0.1) is 0 Å². The highest BCUT2D eigenvalue weighted by Gasteiger charge is 2.20. The topological polar surface area (TPSA) is 84.5 Å². The molecule has 1 amide bonds. The van der Waals surface area contributed by atoms with Crippen molar-refractivity contribution in [1.29, 1.82) is 0 Å². The van der Waals surface area contributed by atoms with E-state index in [1.54, 1.807) is 62.4 Å². The number of rotatable bonds is 7. The lowest BCUT2D eigenvalue weighted by atomic mass is 10.2. The van der Waals surface area contributed by atoms with Gasteiger partial charge in [0.25, 0.3) is 5.91 Å². The number of hydrogen-bond acceptors (Lipinski definition) is 4. The van der Waals surface area contributed by atoms with E-state index in [2.05, 4.69) is 10.0 Å². The Morgan fingerprint density at radius 1 is 0.903 bits per heavy atom. The number of carbonyl (C=O) groups excluding carboxylic acids is 1. The Labute approximate surface area is 191 Å². The van der Waals surface area contributed by atoms with Gasteiger partial charge in [0.05, 0.1) is 26.2 Å². The minimum atomic E-state index is -3.79. The number of carbonyl (C=O) groups is 1. The summed E-state index contributed by atoms with van der Waals surface area (Å²) in [6, 6.07) is 17.4. The predicted octanol–water partition coefficient (Wildman–Crippen LogP) is 5.72. The monoisotopic (exact) mass is 478 g/mol. The number of nitrogens with one attached hydrogen (secondary N) is 2. The third-order valence-corrected chi connectivity index (χ3v) is 6.37. The van der Waals surface area contributed by atoms with Crippen molar-refractivity contribution in [1.82, 2.24) is 4.72 Å². The van der Waals surface area contributed by atoms with Crippen LogP contribution in [0.4, 0.5) is 5.69 Å². The Bertz CT molecular complexity index is 1210. The molecule has 31 heavy (non-hydrogen) atoms. The summed E-state index contributed by atoms with van der Waals surface area (Å²) in [5.41, 5.74) is 0.387. The number of ether oxygens (including phenoxy) is 1. The summed E-state index contributed by atoms with van der Waals surface area (Å²) in [6.45, 7) is 3.41. The van der Waals surface area contributed by atoms with Gasteiger partial charge in [-0.05, 0) is 56.3 Å². The van der Waals surface area contributed by atoms with E-state index < -0.39 is 15.9 Å². The van der Waals surface area contributed by atoms with Gasteiger partial charge in [-0.3, -0.25) is 4.79 Å². The quantitative estimate of drug-likeness (QED) is 0.454. The molecule has 9 heteroatoms. The normalized spacial score (nSPS) is 11.4. The Kier molecular flexibility index (Phi) is 7.23. The van der Waals surface area contributed by atoms with Gasteiger partial charge in [-0.2, -0.15) is 0 Å². The molecule has 0 aliphatic carbocycles. The van der Waals surface area contributed by atoms with Crippen molar-refractivity contribution in [3.05, 3.63) is 82.3 Å². The first-order valence-corrected chi connectivity index (χ1v) is 11.6. The maximum Gasteiger partial charge on any atom is 0.257 e. The molecule has 3 aromatic rings. The second kappa shape index (κ2) is 9.70. The summed E-state index contributed by atoms with van der Waals surface area (Å²) < 4.78 is 33.2. The lowest BCUT2D eigenvalue weighted by Gasteiger charge is -2.14. The molecule has 0 aliphatic rings. The lowest BCUT2D eigenvalue weighted by Crippen LogP contribution is -2.30. The molecule has 3 aromatic carbocycles. The fourth-order valence-electron chi connectivity index (χ4n) is 2.72. The van der Waals surface area contributed by atoms with Crippen molar-refractivity contribution < 1.29 is 17.9 Å². The Morgan fingerprint density at radius 2 is 1.55 bits per heavy atom. The highest BCUT2D eigenvalue weighted by Crippen LogP contribution is 2.34. The number of anilines is 1. The molecule has 0 unspecified atom stereocenters. The molecule has 0 aromatic heterocycles. The summed E-state index contributed by atoms with van der Waals surface area (Å²) in [4.78, 5) is 12.9. The smallest absolute Gasteiger partial charge is 0.257 e. The summed E-state index contributed by atoms with van der Waals surface area (Å²) >= 11 is 12.3. The third kappa shape index (κ3) is 5.77. The van der Waals surface area contributed by atoms with Gasteiger partial charge in [-0.1, -0.05) is 47.5 Å². The number of hydrogen-bond donors (Lipinski definition) is 2. The van der Waals surface area contributed by atoms with E-state index in [0.29, 0.717) is 22.2 Å². The van der Waals surface area contributed by atoms with E-state index in [0.717, 1.165) is 0 Å². The van der Waals surface area contributed by atoms with E-state index in [1.165, 1.54) is 18.2 Å². The molecule has 2 N–H and O–H groups in total. The van der Waals surface area contributed by atoms with Crippen molar-refractivity contribution in [3.8, 4) is 11.5 Å². The number of sulfonamides is 1. The van der Waals surface area contributed by atoms with E-state index in [1.807, 2.05) is 0 Å². The number of amides is 1. The fourth-order valence-corrected chi connectivity index (χ4v) is 4.37. The summed E-state index contributed by atoms with van der Waals surface area (Å²) in [5, 5.41) is 3.26. The first-order valence-electron chi connectivity index (χ1n) is 9.32. The fraction of sp³-hybridized carbons (Fsp3) is 0.136. The van der Waals surface area contributed by atoms with Crippen LogP contribution in [0, 0.1) is 0 Å². The number of benzene rings is 3. The van der Waals surface area contributed by atoms with Crippen LogP contribution in [0.1, 0.15) is 24.2 Å². The summed E-state index contributed by atoms with van der Waals surface area (Å²) in [5.74, 6) is 0.212. The third-order valence-electron chi connectivity index (χ3n) is 4.08. The van der Waals surface area contributed by atoms with Crippen molar-refractivity contribution in [2.45, 2.75) is 24.8 Å². The first-order chi connectivity index (χ1) is 14.7. The molecule has 6 nitrogen and oxygen atoms in total. The highest BCUT2D eigenvalue weighted by atomic mass is 35.5. The van der Waals surface area contributed by atoms with E-state index in [-0.39, 0.29) is 21.5 Å². The molecule has 0 spiro atoms. The Balaban J connectivity index is 1.89. The zero-order chi connectivity index (χ0) is 22.6. The van der Waals surface area contributed by atoms with Crippen molar-refractivity contribution in [2.24, 2.45) is 0 Å². The highest BCUT2D eigenvalue weighted by molar-refractivity contribution is 7.89. The van der Waals surface area contributed by atoms with Crippen molar-refractivity contribution in [2.75, 3.05) is 5.32 Å². The van der Waals surface area contributed by atoms with Crippen LogP contribution in [0.15, 0.2) is 71.6 Å². The van der Waals surface area contributed by atoms with Crippen LogP contribution >= 0.6 is 23.2 Å². The maximum atomic E-state index is 12.9. The van der Waals surface area contributed by atoms with Gasteiger partial charge in [0.1, 0.15) is 5.75 Å². The molecule has 3 rings (SSSR count). The van der Waals surface area contributed by atoms with Gasteiger partial charge >= 0.3 is 0 Å². The van der Waals surface area contributed by atoms with Crippen LogP contribution in [0.2, 0.25) is 10.0 Å². The first kappa shape index (κ1) is 23.1. The molecule has 0 atom stereocenters. The van der Waals surface area contributed by atoms with Crippen LogP contribution in [0.25, 0.3) is 0 Å². The van der Waals surface area contributed by atoms with Gasteiger partial charge in [-0.25, -0.2) is 13.1 Å². The second-order valence-corrected chi connectivity index (χ2v) is 9.43. The molecule has 162 valence electrons.